The van der Waals surface area contributed by atoms with Gasteiger partial charge in [0.1, 0.15) is 23.4 Å². The summed E-state index contributed by atoms with van der Waals surface area (Å²) in [6.45, 7) is 3.42. The van der Waals surface area contributed by atoms with Crippen LogP contribution in [0.5, 0.6) is 17.2 Å². The molecule has 0 saturated carbocycles. The number of phenols is 1. The van der Waals surface area contributed by atoms with Crippen LogP contribution in [0, 0.1) is 0 Å². The molecule has 25 heavy (non-hydrogen) atoms. The van der Waals surface area contributed by atoms with E-state index in [1.807, 2.05) is 12.1 Å². The third kappa shape index (κ3) is 3.61. The van der Waals surface area contributed by atoms with E-state index in [2.05, 4.69) is 6.92 Å². The minimum atomic E-state index is -0.736. The van der Waals surface area contributed by atoms with Gasteiger partial charge in [-0.15, -0.1) is 0 Å². The van der Waals surface area contributed by atoms with Crippen molar-refractivity contribution in [1.82, 2.24) is 0 Å². The number of ether oxygens (including phenoxy) is 2. The second kappa shape index (κ2) is 7.15. The van der Waals surface area contributed by atoms with E-state index in [9.17, 15) is 15.0 Å². The standard InChI is InChI=1S/C20H22O5/c1-3-4-17-19(13-5-8-15(9-6-13)24-12(2)21)20(23)16-10-7-14(22)11-18(16)25-17/h5-11,17,19-20,22-23H,3-4H2,1-2H3. The maximum absolute atomic E-state index is 11.1. The zero-order valence-electron chi connectivity index (χ0n) is 14.3. The summed E-state index contributed by atoms with van der Waals surface area (Å²) in [7, 11) is 0. The normalized spacial score (nSPS) is 22.0. The highest BCUT2D eigenvalue weighted by atomic mass is 16.5. The van der Waals surface area contributed by atoms with Crippen molar-refractivity contribution in [3.05, 3.63) is 53.6 Å². The van der Waals surface area contributed by atoms with Crippen LogP contribution in [0.4, 0.5) is 0 Å². The summed E-state index contributed by atoms with van der Waals surface area (Å²) >= 11 is 0. The van der Waals surface area contributed by atoms with Gasteiger partial charge in [-0.1, -0.05) is 25.5 Å². The molecule has 1 aliphatic rings. The fourth-order valence-corrected chi connectivity index (χ4v) is 3.35. The summed E-state index contributed by atoms with van der Waals surface area (Å²) in [6, 6.07) is 11.9. The van der Waals surface area contributed by atoms with Crippen LogP contribution in [0.3, 0.4) is 0 Å². The molecule has 2 N–H and O–H groups in total. The molecule has 0 bridgehead atoms. The summed E-state index contributed by atoms with van der Waals surface area (Å²) in [5.41, 5.74) is 1.58. The van der Waals surface area contributed by atoms with Gasteiger partial charge in [0.15, 0.2) is 0 Å². The Morgan fingerprint density at radius 2 is 1.92 bits per heavy atom. The van der Waals surface area contributed by atoms with Gasteiger partial charge >= 0.3 is 5.97 Å². The fraction of sp³-hybridized carbons (Fsp3) is 0.350. The first-order valence-electron chi connectivity index (χ1n) is 8.45. The lowest BCUT2D eigenvalue weighted by Gasteiger charge is -2.37. The zero-order chi connectivity index (χ0) is 18.0. The lowest BCUT2D eigenvalue weighted by molar-refractivity contribution is -0.131. The highest BCUT2D eigenvalue weighted by molar-refractivity contribution is 5.69. The Morgan fingerprint density at radius 1 is 1.20 bits per heavy atom. The molecule has 0 aromatic heterocycles. The fourth-order valence-electron chi connectivity index (χ4n) is 3.35. The maximum atomic E-state index is 11.1. The molecule has 1 heterocycles. The van der Waals surface area contributed by atoms with Crippen LogP contribution in [0.2, 0.25) is 0 Å². The van der Waals surface area contributed by atoms with Crippen molar-refractivity contribution in [2.24, 2.45) is 0 Å². The average Bonchev–Trinajstić information content (AvgIpc) is 2.56. The Kier molecular flexibility index (Phi) is 4.95. The van der Waals surface area contributed by atoms with Crippen molar-refractivity contribution in [3.8, 4) is 17.2 Å². The van der Waals surface area contributed by atoms with Gasteiger partial charge in [0.05, 0.1) is 12.0 Å². The SMILES string of the molecule is CCCC1Oc2cc(O)ccc2C(O)C1c1ccc(OC(C)=O)cc1. The number of aromatic hydroxyl groups is 1. The van der Waals surface area contributed by atoms with Crippen LogP contribution in [-0.4, -0.2) is 22.3 Å². The molecule has 0 fully saturated rings. The van der Waals surface area contributed by atoms with E-state index in [4.69, 9.17) is 9.47 Å². The molecular weight excluding hydrogens is 320 g/mol. The van der Waals surface area contributed by atoms with Crippen molar-refractivity contribution in [2.75, 3.05) is 0 Å². The van der Waals surface area contributed by atoms with Crippen molar-refractivity contribution in [2.45, 2.75) is 44.8 Å². The largest absolute Gasteiger partial charge is 0.508 e. The summed E-state index contributed by atoms with van der Waals surface area (Å²) < 4.78 is 11.1. The number of fused-ring (bicyclic) bond motifs is 1. The van der Waals surface area contributed by atoms with E-state index < -0.39 is 6.10 Å². The topological polar surface area (TPSA) is 76.0 Å². The van der Waals surface area contributed by atoms with Crippen molar-refractivity contribution < 1.29 is 24.5 Å². The molecule has 2 aromatic rings. The number of carbonyl (C=O) groups is 1. The molecular formula is C20H22O5. The molecule has 0 radical (unpaired) electrons. The van der Waals surface area contributed by atoms with Gasteiger partial charge in [-0.05, 0) is 36.2 Å². The minimum absolute atomic E-state index is 0.116. The Morgan fingerprint density at radius 3 is 2.56 bits per heavy atom. The maximum Gasteiger partial charge on any atom is 0.308 e. The molecule has 5 heteroatoms. The number of benzene rings is 2. The Hall–Kier alpha value is -2.53. The molecule has 3 atom stereocenters. The van der Waals surface area contributed by atoms with Crippen LogP contribution in [0.25, 0.3) is 0 Å². The van der Waals surface area contributed by atoms with E-state index >= 15 is 0 Å². The molecule has 132 valence electrons. The summed E-state index contributed by atoms with van der Waals surface area (Å²) in [4.78, 5) is 11.1. The molecule has 3 unspecified atom stereocenters. The molecule has 1 aliphatic heterocycles. The van der Waals surface area contributed by atoms with Gasteiger partial charge in [0, 0.05) is 18.6 Å². The molecule has 2 aromatic carbocycles. The van der Waals surface area contributed by atoms with Crippen LogP contribution < -0.4 is 9.47 Å². The van der Waals surface area contributed by atoms with E-state index in [-0.39, 0.29) is 23.7 Å². The molecule has 5 nitrogen and oxygen atoms in total. The summed E-state index contributed by atoms with van der Waals surface area (Å²) in [5, 5.41) is 20.6. The van der Waals surface area contributed by atoms with Crippen LogP contribution >= 0.6 is 0 Å². The number of hydrogen-bond acceptors (Lipinski definition) is 5. The highest BCUT2D eigenvalue weighted by Crippen LogP contribution is 2.46. The van der Waals surface area contributed by atoms with Gasteiger partial charge in [0.2, 0.25) is 0 Å². The predicted molar refractivity (Wildman–Crippen MR) is 92.9 cm³/mol. The number of carbonyl (C=O) groups excluding carboxylic acids is 1. The molecule has 3 rings (SSSR count). The molecule has 0 saturated heterocycles. The summed E-state index contributed by atoms with van der Waals surface area (Å²) in [6.07, 6.45) is 0.755. The van der Waals surface area contributed by atoms with E-state index in [1.165, 1.54) is 6.92 Å². The van der Waals surface area contributed by atoms with Gasteiger partial charge < -0.3 is 19.7 Å². The third-order valence-electron chi connectivity index (χ3n) is 4.43. The lowest BCUT2D eigenvalue weighted by atomic mass is 9.81. The van der Waals surface area contributed by atoms with Gasteiger partial charge in [0.25, 0.3) is 0 Å². The van der Waals surface area contributed by atoms with Crippen molar-refractivity contribution >= 4 is 5.97 Å². The second-order valence-corrected chi connectivity index (χ2v) is 6.30. The van der Waals surface area contributed by atoms with Gasteiger partial charge in [-0.2, -0.15) is 0 Å². The first-order chi connectivity index (χ1) is 12.0. The Bertz CT molecular complexity index is 753. The van der Waals surface area contributed by atoms with Crippen molar-refractivity contribution in [3.63, 3.8) is 0 Å². The van der Waals surface area contributed by atoms with Crippen LogP contribution in [0.15, 0.2) is 42.5 Å². The third-order valence-corrected chi connectivity index (χ3v) is 4.43. The average molecular weight is 342 g/mol. The highest BCUT2D eigenvalue weighted by Gasteiger charge is 2.38. The number of esters is 1. The first-order valence-corrected chi connectivity index (χ1v) is 8.45. The number of hydrogen-bond donors (Lipinski definition) is 2. The predicted octanol–water partition coefficient (Wildman–Crippen LogP) is 3.70. The Labute approximate surface area is 146 Å². The van der Waals surface area contributed by atoms with E-state index in [1.54, 1.807) is 30.3 Å². The minimum Gasteiger partial charge on any atom is -0.508 e. The zero-order valence-corrected chi connectivity index (χ0v) is 14.3. The number of aliphatic hydroxyl groups is 1. The van der Waals surface area contributed by atoms with Gasteiger partial charge in [-0.3, -0.25) is 4.79 Å². The number of rotatable bonds is 4. The Balaban J connectivity index is 1.94. The molecule has 0 amide bonds. The lowest BCUT2D eigenvalue weighted by Crippen LogP contribution is -2.34. The number of phenolic OH excluding ortho intramolecular Hbond substituents is 1. The molecule has 0 aliphatic carbocycles. The first kappa shape index (κ1) is 17.3. The van der Waals surface area contributed by atoms with E-state index in [0.29, 0.717) is 17.1 Å². The molecule has 0 spiro atoms. The van der Waals surface area contributed by atoms with E-state index in [0.717, 1.165) is 18.4 Å². The van der Waals surface area contributed by atoms with Gasteiger partial charge in [-0.25, -0.2) is 0 Å². The van der Waals surface area contributed by atoms with Crippen LogP contribution in [-0.2, 0) is 4.79 Å². The monoisotopic (exact) mass is 342 g/mol. The second-order valence-electron chi connectivity index (χ2n) is 6.30. The van der Waals surface area contributed by atoms with Crippen LogP contribution in [0.1, 0.15) is 49.8 Å². The number of aliphatic hydroxyl groups excluding tert-OH is 1. The summed E-state index contributed by atoms with van der Waals surface area (Å²) in [5.74, 6) is 0.513. The quantitative estimate of drug-likeness (QED) is 0.654. The smallest absolute Gasteiger partial charge is 0.308 e. The van der Waals surface area contributed by atoms with Crippen molar-refractivity contribution in [1.29, 1.82) is 0 Å².